The molecule has 11 heteroatoms. The van der Waals surface area contributed by atoms with Gasteiger partial charge in [-0.05, 0) is 82.4 Å². The van der Waals surface area contributed by atoms with Crippen LogP contribution in [0, 0.1) is 11.3 Å². The third-order valence-electron chi connectivity index (χ3n) is 8.17. The molecular weight excluding hydrogens is 576 g/mol. The van der Waals surface area contributed by atoms with Crippen molar-refractivity contribution in [2.24, 2.45) is 0 Å². The van der Waals surface area contributed by atoms with Crippen LogP contribution in [0.1, 0.15) is 76.8 Å². The van der Waals surface area contributed by atoms with E-state index >= 15 is 0 Å². The summed E-state index contributed by atoms with van der Waals surface area (Å²) < 4.78 is 17.0. The van der Waals surface area contributed by atoms with Gasteiger partial charge < -0.3 is 24.2 Å². The molecule has 3 amide bonds. The number of carbonyl (C=O) groups is 3. The number of hydrogen-bond donors (Lipinski definition) is 1. The van der Waals surface area contributed by atoms with Gasteiger partial charge in [0.25, 0.3) is 5.91 Å². The van der Waals surface area contributed by atoms with E-state index in [4.69, 9.17) is 14.2 Å². The van der Waals surface area contributed by atoms with Gasteiger partial charge in [-0.1, -0.05) is 18.9 Å². The van der Waals surface area contributed by atoms with Crippen LogP contribution in [0.3, 0.4) is 0 Å². The zero-order valence-electron chi connectivity index (χ0n) is 26.2. The Kier molecular flexibility index (Phi) is 9.23. The maximum atomic E-state index is 14.5. The predicted octanol–water partition coefficient (Wildman–Crippen LogP) is 6.20. The number of nitrogens with zero attached hydrogens (tertiary/aromatic N) is 4. The van der Waals surface area contributed by atoms with E-state index in [0.717, 1.165) is 31.2 Å². The van der Waals surface area contributed by atoms with Crippen molar-refractivity contribution in [1.29, 1.82) is 5.26 Å². The van der Waals surface area contributed by atoms with E-state index in [0.29, 0.717) is 35.6 Å². The first-order valence-electron chi connectivity index (χ1n) is 15.5. The van der Waals surface area contributed by atoms with Gasteiger partial charge in [-0.15, -0.1) is 0 Å². The lowest BCUT2D eigenvalue weighted by atomic mass is 9.96. The summed E-state index contributed by atoms with van der Waals surface area (Å²) in [4.78, 5) is 44.6. The molecule has 2 aromatic carbocycles. The van der Waals surface area contributed by atoms with Crippen LogP contribution in [0.2, 0.25) is 0 Å². The average molecular weight is 617 g/mol. The van der Waals surface area contributed by atoms with Crippen LogP contribution in [0.4, 0.5) is 21.0 Å². The number of benzene rings is 2. The van der Waals surface area contributed by atoms with E-state index in [-0.39, 0.29) is 37.1 Å². The number of hydrogen-bond acceptors (Lipinski definition) is 8. The van der Waals surface area contributed by atoms with Crippen molar-refractivity contribution >= 4 is 29.5 Å². The fourth-order valence-electron chi connectivity index (χ4n) is 6.04. The lowest BCUT2D eigenvalue weighted by Gasteiger charge is -2.38. The zero-order chi connectivity index (χ0) is 32.3. The van der Waals surface area contributed by atoms with E-state index in [1.54, 1.807) is 56.9 Å². The van der Waals surface area contributed by atoms with Crippen molar-refractivity contribution in [2.45, 2.75) is 77.4 Å². The summed E-state index contributed by atoms with van der Waals surface area (Å²) in [5.41, 5.74) is 1.97. The summed E-state index contributed by atoms with van der Waals surface area (Å²) in [6.07, 6.45) is 4.15. The van der Waals surface area contributed by atoms with Gasteiger partial charge in [0.1, 0.15) is 17.1 Å². The van der Waals surface area contributed by atoms with Gasteiger partial charge in [-0.25, -0.2) is 9.59 Å². The van der Waals surface area contributed by atoms with Crippen LogP contribution in [0.5, 0.6) is 11.5 Å². The zero-order valence-corrected chi connectivity index (χ0v) is 26.2. The summed E-state index contributed by atoms with van der Waals surface area (Å²) in [5.74, 6) is 0.203. The minimum atomic E-state index is -1.13. The Bertz CT molecular complexity index is 1530. The van der Waals surface area contributed by atoms with E-state index < -0.39 is 29.8 Å². The normalized spacial score (nSPS) is 18.3. The molecule has 0 bridgehead atoms. The number of rotatable bonds is 5. The Morgan fingerprint density at radius 3 is 2.49 bits per heavy atom. The average Bonchev–Trinajstić information content (AvgIpc) is 3.55. The fourth-order valence-corrected chi connectivity index (χ4v) is 6.04. The van der Waals surface area contributed by atoms with Gasteiger partial charge >= 0.3 is 12.2 Å². The third-order valence-corrected chi connectivity index (χ3v) is 8.17. The highest BCUT2D eigenvalue weighted by molar-refractivity contribution is 6.02. The molecular formula is C34H40N4O7. The molecule has 1 N–H and O–H groups in total. The highest BCUT2D eigenvalue weighted by Crippen LogP contribution is 2.41. The number of ether oxygens (including phenoxy) is 3. The number of carbonyl (C=O) groups excluding carboxylic acids is 3. The summed E-state index contributed by atoms with van der Waals surface area (Å²) in [6.45, 7) is 7.62. The van der Waals surface area contributed by atoms with Crippen LogP contribution < -0.4 is 14.5 Å². The van der Waals surface area contributed by atoms with Crippen LogP contribution in [0.15, 0.2) is 48.2 Å². The molecule has 0 aromatic heterocycles. The predicted molar refractivity (Wildman–Crippen MR) is 167 cm³/mol. The summed E-state index contributed by atoms with van der Waals surface area (Å²) in [6, 6.07) is 12.0. The molecule has 2 aromatic rings. The fraction of sp³-hybridized carbons (Fsp3) is 0.471. The van der Waals surface area contributed by atoms with Gasteiger partial charge in [0.05, 0.1) is 36.2 Å². The van der Waals surface area contributed by atoms with E-state index in [9.17, 15) is 24.8 Å². The molecule has 3 aliphatic rings. The largest absolute Gasteiger partial charge is 0.508 e. The SMILES string of the molecule is CCOC(=O)N1CC(C(=O)N(C2=CCN(C(=O)OC(C)(C)C)CC2)c2ccc(C3CCCC3)c(O)c2)Oc2ccc(C#N)cc21. The number of aromatic hydroxyl groups is 1. The number of phenols is 1. The Morgan fingerprint density at radius 2 is 1.87 bits per heavy atom. The van der Waals surface area contributed by atoms with Crippen molar-refractivity contribution in [2.75, 3.05) is 36.0 Å². The molecule has 1 aliphatic carbocycles. The molecule has 2 aliphatic heterocycles. The van der Waals surface area contributed by atoms with E-state index in [1.807, 2.05) is 12.1 Å². The van der Waals surface area contributed by atoms with Gasteiger partial charge in [0, 0.05) is 31.3 Å². The minimum Gasteiger partial charge on any atom is -0.508 e. The lowest BCUT2D eigenvalue weighted by molar-refractivity contribution is -0.124. The number of phenolic OH excluding ortho intramolecular Hbond substituents is 1. The van der Waals surface area contributed by atoms with Gasteiger partial charge in [0.2, 0.25) is 0 Å². The first kappa shape index (κ1) is 31.7. The van der Waals surface area contributed by atoms with Gasteiger partial charge in [0.15, 0.2) is 6.10 Å². The van der Waals surface area contributed by atoms with Crippen LogP contribution in [-0.4, -0.2) is 66.0 Å². The van der Waals surface area contributed by atoms with Crippen molar-refractivity contribution in [3.8, 4) is 17.6 Å². The Labute approximate surface area is 263 Å². The third kappa shape index (κ3) is 7.00. The smallest absolute Gasteiger partial charge is 0.414 e. The number of anilines is 2. The van der Waals surface area contributed by atoms with Gasteiger partial charge in [-0.3, -0.25) is 14.6 Å². The number of nitriles is 1. The molecule has 0 saturated heterocycles. The molecule has 0 radical (unpaired) electrons. The summed E-state index contributed by atoms with van der Waals surface area (Å²) in [5, 5.41) is 20.5. The first-order valence-corrected chi connectivity index (χ1v) is 15.5. The second-order valence-corrected chi connectivity index (χ2v) is 12.5. The van der Waals surface area contributed by atoms with Crippen molar-refractivity contribution in [3.05, 3.63) is 59.3 Å². The molecule has 2 heterocycles. The second kappa shape index (κ2) is 13.1. The van der Waals surface area contributed by atoms with E-state index in [2.05, 4.69) is 6.07 Å². The Hall–Kier alpha value is -4.72. The molecule has 11 nitrogen and oxygen atoms in total. The Morgan fingerprint density at radius 1 is 1.11 bits per heavy atom. The summed E-state index contributed by atoms with van der Waals surface area (Å²) >= 11 is 0. The topological polar surface area (TPSA) is 133 Å². The highest BCUT2D eigenvalue weighted by atomic mass is 16.6. The molecule has 45 heavy (non-hydrogen) atoms. The van der Waals surface area contributed by atoms with Crippen LogP contribution >= 0.6 is 0 Å². The monoisotopic (exact) mass is 616 g/mol. The summed E-state index contributed by atoms with van der Waals surface area (Å²) in [7, 11) is 0. The Balaban J connectivity index is 1.49. The van der Waals surface area contributed by atoms with Gasteiger partial charge in [-0.2, -0.15) is 5.26 Å². The number of fused-ring (bicyclic) bond motifs is 1. The minimum absolute atomic E-state index is 0.121. The van der Waals surface area contributed by atoms with Crippen LogP contribution in [0.25, 0.3) is 0 Å². The first-order chi connectivity index (χ1) is 21.5. The molecule has 5 rings (SSSR count). The van der Waals surface area contributed by atoms with Crippen molar-refractivity contribution in [1.82, 2.24) is 4.90 Å². The maximum Gasteiger partial charge on any atom is 0.414 e. The molecule has 1 unspecified atom stereocenters. The molecule has 1 saturated carbocycles. The van der Waals surface area contributed by atoms with E-state index in [1.165, 1.54) is 15.9 Å². The highest BCUT2D eigenvalue weighted by Gasteiger charge is 2.39. The second-order valence-electron chi connectivity index (χ2n) is 12.5. The molecule has 1 fully saturated rings. The van der Waals surface area contributed by atoms with Crippen molar-refractivity contribution < 1.29 is 33.7 Å². The molecule has 0 spiro atoms. The number of amides is 3. The molecule has 238 valence electrons. The van der Waals surface area contributed by atoms with Crippen molar-refractivity contribution in [3.63, 3.8) is 0 Å². The van der Waals surface area contributed by atoms with Crippen LogP contribution in [-0.2, 0) is 14.3 Å². The lowest BCUT2D eigenvalue weighted by Crippen LogP contribution is -2.52. The quantitative estimate of drug-likeness (QED) is 0.420. The standard InChI is InChI=1S/C34H40N4O7/c1-5-43-33(42)37-21-30(44-29-13-10-22(20-35)18-27(29)37)31(40)38(24-14-16-36(17-15-24)32(41)45-34(2,3)4)25-11-12-26(28(39)19-25)23-8-6-7-9-23/h10-14,18-19,23,30,39H,5-9,15-17,21H2,1-4H3. The molecule has 1 atom stereocenters. The maximum absolute atomic E-state index is 14.5.